The van der Waals surface area contributed by atoms with Crippen LogP contribution in [0.4, 0.5) is 0 Å². The van der Waals surface area contributed by atoms with Crippen LogP contribution in [0.5, 0.6) is 0 Å². The Hall–Kier alpha value is -2.11. The number of aryl methyl sites for hydroxylation is 3. The van der Waals surface area contributed by atoms with E-state index in [0.29, 0.717) is 11.8 Å². The maximum atomic E-state index is 13.1. The SMILES string of the molecule is Cc1cc(C)n(C[C@@H]2CCCCN2C(=O)[C@H]2C[C@H]2c2cnn(C)c2)n1. The van der Waals surface area contributed by atoms with Gasteiger partial charge in [-0.1, -0.05) is 0 Å². The van der Waals surface area contributed by atoms with Crippen LogP contribution in [0, 0.1) is 19.8 Å². The van der Waals surface area contributed by atoms with E-state index in [4.69, 9.17) is 0 Å². The summed E-state index contributed by atoms with van der Waals surface area (Å²) in [7, 11) is 1.93. The minimum atomic E-state index is 0.144. The highest BCUT2D eigenvalue weighted by molar-refractivity contribution is 5.83. The fourth-order valence-corrected chi connectivity index (χ4v) is 4.22. The Kier molecular flexibility index (Phi) is 4.13. The number of aromatic nitrogens is 4. The summed E-state index contributed by atoms with van der Waals surface area (Å²) in [4.78, 5) is 15.3. The Bertz CT molecular complexity index is 777. The van der Waals surface area contributed by atoms with Gasteiger partial charge in [0.15, 0.2) is 0 Å². The highest BCUT2D eigenvalue weighted by Crippen LogP contribution is 2.48. The third kappa shape index (κ3) is 3.22. The molecule has 0 N–H and O–H groups in total. The zero-order valence-corrected chi connectivity index (χ0v) is 15.4. The fourth-order valence-electron chi connectivity index (χ4n) is 4.22. The van der Waals surface area contributed by atoms with E-state index in [0.717, 1.165) is 38.0 Å². The van der Waals surface area contributed by atoms with E-state index >= 15 is 0 Å². The van der Waals surface area contributed by atoms with Gasteiger partial charge in [0.1, 0.15) is 0 Å². The van der Waals surface area contributed by atoms with Crippen molar-refractivity contribution in [3.8, 4) is 0 Å². The summed E-state index contributed by atoms with van der Waals surface area (Å²) in [6.07, 6.45) is 8.30. The van der Waals surface area contributed by atoms with E-state index in [1.807, 2.05) is 31.0 Å². The molecule has 0 unspecified atom stereocenters. The lowest BCUT2D eigenvalue weighted by molar-refractivity contribution is -0.136. The number of carbonyl (C=O) groups excluding carboxylic acids is 1. The molecule has 3 heterocycles. The molecule has 3 atom stereocenters. The predicted molar refractivity (Wildman–Crippen MR) is 95.1 cm³/mol. The largest absolute Gasteiger partial charge is 0.338 e. The van der Waals surface area contributed by atoms with Crippen LogP contribution >= 0.6 is 0 Å². The molecule has 1 saturated carbocycles. The van der Waals surface area contributed by atoms with E-state index < -0.39 is 0 Å². The predicted octanol–water partition coefficient (Wildman–Crippen LogP) is 2.42. The van der Waals surface area contributed by atoms with Gasteiger partial charge in [-0.15, -0.1) is 0 Å². The average Bonchev–Trinajstić information content (AvgIpc) is 3.17. The van der Waals surface area contributed by atoms with Crippen LogP contribution in [-0.2, 0) is 18.4 Å². The first-order chi connectivity index (χ1) is 12.0. The van der Waals surface area contributed by atoms with Crippen LogP contribution in [-0.4, -0.2) is 43.0 Å². The molecule has 2 aliphatic rings. The van der Waals surface area contributed by atoms with Gasteiger partial charge in [0.05, 0.1) is 24.5 Å². The van der Waals surface area contributed by atoms with Crippen molar-refractivity contribution in [2.24, 2.45) is 13.0 Å². The number of likely N-dealkylation sites (tertiary alicyclic amines) is 1. The molecule has 1 aliphatic heterocycles. The lowest BCUT2D eigenvalue weighted by Gasteiger charge is -2.36. The van der Waals surface area contributed by atoms with Crippen LogP contribution in [0.1, 0.15) is 48.6 Å². The zero-order chi connectivity index (χ0) is 17.6. The van der Waals surface area contributed by atoms with Crippen LogP contribution < -0.4 is 0 Å². The van der Waals surface area contributed by atoms with Crippen molar-refractivity contribution in [1.82, 2.24) is 24.5 Å². The summed E-state index contributed by atoms with van der Waals surface area (Å²) in [5, 5.41) is 8.84. The molecular formula is C19H27N5O. The monoisotopic (exact) mass is 341 g/mol. The van der Waals surface area contributed by atoms with Crippen molar-refractivity contribution in [3.63, 3.8) is 0 Å². The van der Waals surface area contributed by atoms with Crippen molar-refractivity contribution >= 4 is 5.91 Å². The topological polar surface area (TPSA) is 56.0 Å². The first kappa shape index (κ1) is 16.4. The number of amides is 1. The first-order valence-corrected chi connectivity index (χ1v) is 9.33. The van der Waals surface area contributed by atoms with Crippen molar-refractivity contribution in [2.45, 2.75) is 58.0 Å². The fraction of sp³-hybridized carbons (Fsp3) is 0.632. The molecular weight excluding hydrogens is 314 g/mol. The summed E-state index contributed by atoms with van der Waals surface area (Å²) in [6, 6.07) is 2.38. The van der Waals surface area contributed by atoms with Crippen LogP contribution in [0.15, 0.2) is 18.5 Å². The zero-order valence-electron chi connectivity index (χ0n) is 15.4. The minimum absolute atomic E-state index is 0.144. The van der Waals surface area contributed by atoms with Gasteiger partial charge in [0, 0.05) is 31.4 Å². The van der Waals surface area contributed by atoms with Crippen LogP contribution in [0.2, 0.25) is 0 Å². The van der Waals surface area contributed by atoms with E-state index in [1.54, 1.807) is 0 Å². The number of nitrogens with zero attached hydrogens (tertiary/aromatic N) is 5. The van der Waals surface area contributed by atoms with Crippen LogP contribution in [0.25, 0.3) is 0 Å². The van der Waals surface area contributed by atoms with E-state index in [-0.39, 0.29) is 12.0 Å². The van der Waals surface area contributed by atoms with Gasteiger partial charge in [0.25, 0.3) is 0 Å². The van der Waals surface area contributed by atoms with Gasteiger partial charge >= 0.3 is 0 Å². The quantitative estimate of drug-likeness (QED) is 0.858. The molecule has 25 heavy (non-hydrogen) atoms. The van der Waals surface area contributed by atoms with Crippen molar-refractivity contribution < 1.29 is 4.79 Å². The molecule has 6 nitrogen and oxygen atoms in total. The van der Waals surface area contributed by atoms with Crippen LogP contribution in [0.3, 0.4) is 0 Å². The number of carbonyl (C=O) groups is 1. The summed E-state index contributed by atoms with van der Waals surface area (Å²) < 4.78 is 3.89. The summed E-state index contributed by atoms with van der Waals surface area (Å²) in [6.45, 7) is 5.82. The highest BCUT2D eigenvalue weighted by atomic mass is 16.2. The summed E-state index contributed by atoms with van der Waals surface area (Å²) in [5.41, 5.74) is 3.42. The molecule has 2 fully saturated rings. The van der Waals surface area contributed by atoms with Crippen molar-refractivity contribution in [2.75, 3.05) is 6.54 Å². The third-order valence-electron chi connectivity index (χ3n) is 5.66. The van der Waals surface area contributed by atoms with Gasteiger partial charge in [-0.2, -0.15) is 10.2 Å². The Morgan fingerprint density at radius 1 is 1.32 bits per heavy atom. The van der Waals surface area contributed by atoms with Gasteiger partial charge < -0.3 is 4.90 Å². The molecule has 4 rings (SSSR count). The number of rotatable bonds is 4. The molecule has 1 aliphatic carbocycles. The van der Waals surface area contributed by atoms with E-state index in [1.165, 1.54) is 17.7 Å². The standard InChI is InChI=1S/C19H27N5O/c1-13-8-14(2)24(21-13)12-16-6-4-5-7-23(16)19(25)18-9-17(18)15-10-20-22(3)11-15/h8,10-11,16-18H,4-7,9,12H2,1-3H3/t16-,17-,18-/m0/s1. The van der Waals surface area contributed by atoms with Gasteiger partial charge in [-0.3, -0.25) is 14.2 Å². The summed E-state index contributed by atoms with van der Waals surface area (Å²) >= 11 is 0. The average molecular weight is 341 g/mol. The molecule has 0 aromatic carbocycles. The third-order valence-corrected chi connectivity index (χ3v) is 5.66. The Labute approximate surface area is 148 Å². The maximum Gasteiger partial charge on any atom is 0.226 e. The molecule has 134 valence electrons. The molecule has 2 aromatic rings. The highest BCUT2D eigenvalue weighted by Gasteiger charge is 2.47. The van der Waals surface area contributed by atoms with Gasteiger partial charge in [-0.25, -0.2) is 0 Å². The Morgan fingerprint density at radius 3 is 2.84 bits per heavy atom. The molecule has 0 bridgehead atoms. The number of hydrogen-bond donors (Lipinski definition) is 0. The normalized spacial score (nSPS) is 26.0. The van der Waals surface area contributed by atoms with E-state index in [2.05, 4.69) is 32.8 Å². The number of hydrogen-bond acceptors (Lipinski definition) is 3. The summed E-state index contributed by atoms with van der Waals surface area (Å²) in [5.74, 6) is 0.836. The van der Waals surface area contributed by atoms with Crippen molar-refractivity contribution in [3.05, 3.63) is 35.4 Å². The lowest BCUT2D eigenvalue weighted by atomic mass is 10.0. The lowest BCUT2D eigenvalue weighted by Crippen LogP contribution is -2.47. The van der Waals surface area contributed by atoms with Gasteiger partial charge in [-0.05, 0) is 57.1 Å². The Morgan fingerprint density at radius 2 is 2.16 bits per heavy atom. The minimum Gasteiger partial charge on any atom is -0.338 e. The smallest absolute Gasteiger partial charge is 0.226 e. The Balaban J connectivity index is 1.46. The maximum absolute atomic E-state index is 13.1. The molecule has 1 amide bonds. The first-order valence-electron chi connectivity index (χ1n) is 9.33. The molecule has 0 spiro atoms. The van der Waals surface area contributed by atoms with Crippen molar-refractivity contribution in [1.29, 1.82) is 0 Å². The molecule has 6 heteroatoms. The molecule has 0 radical (unpaired) electrons. The second-order valence-electron chi connectivity index (χ2n) is 7.69. The molecule has 2 aromatic heterocycles. The second kappa shape index (κ2) is 6.32. The second-order valence-corrected chi connectivity index (χ2v) is 7.69. The van der Waals surface area contributed by atoms with Gasteiger partial charge in [0.2, 0.25) is 5.91 Å². The molecule has 1 saturated heterocycles. The number of piperidine rings is 1. The van der Waals surface area contributed by atoms with E-state index in [9.17, 15) is 4.79 Å².